The van der Waals surface area contributed by atoms with Gasteiger partial charge in [0.15, 0.2) is 17.3 Å². The topological polar surface area (TPSA) is 81.4 Å². The summed E-state index contributed by atoms with van der Waals surface area (Å²) in [6, 6.07) is 13.2. The lowest BCUT2D eigenvalue weighted by Crippen LogP contribution is -2.13. The number of hydrogen-bond acceptors (Lipinski definition) is 7. The van der Waals surface area contributed by atoms with Crippen LogP contribution in [0.3, 0.4) is 0 Å². The van der Waals surface area contributed by atoms with Crippen molar-refractivity contribution in [3.8, 4) is 28.6 Å². The van der Waals surface area contributed by atoms with Crippen LogP contribution in [-0.4, -0.2) is 33.7 Å². The van der Waals surface area contributed by atoms with Gasteiger partial charge in [0.25, 0.3) is 0 Å². The molecule has 3 aromatic rings. The summed E-state index contributed by atoms with van der Waals surface area (Å²) in [6.07, 6.45) is 2.16. The zero-order chi connectivity index (χ0) is 19.5. The Hall–Kier alpha value is -2.87. The second-order valence-corrected chi connectivity index (χ2v) is 7.50. The fraction of sp³-hybridized carbons (Fsp3) is 0.300. The van der Waals surface area contributed by atoms with Gasteiger partial charge in [0.1, 0.15) is 11.1 Å². The number of fused-ring (bicyclic) bond motifs is 1. The molecule has 28 heavy (non-hydrogen) atoms. The highest BCUT2D eigenvalue weighted by Crippen LogP contribution is 2.42. The maximum absolute atomic E-state index is 9.80. The zero-order valence-electron chi connectivity index (χ0n) is 15.8. The van der Waals surface area contributed by atoms with Gasteiger partial charge in [-0.05, 0) is 48.4 Å². The summed E-state index contributed by atoms with van der Waals surface area (Å²) < 4.78 is 12.8. The molecule has 0 unspecified atom stereocenters. The van der Waals surface area contributed by atoms with Crippen LogP contribution in [0.1, 0.15) is 30.7 Å². The number of phenols is 1. The van der Waals surface area contributed by atoms with E-state index in [1.165, 1.54) is 7.11 Å². The Morgan fingerprint density at radius 2 is 2.00 bits per heavy atom. The Bertz CT molecular complexity index is 959. The van der Waals surface area contributed by atoms with Crippen molar-refractivity contribution in [3.05, 3.63) is 48.0 Å². The standard InChI is InChI=1S/C20H22N4O3S/c1-3-4-11-27-15-8-5-13(6-9-15)18-21-22-20-24(18)23-19(28-20)14-7-10-16(25)17(12-14)26-2/h5-10,12,19,23,25H,3-4,11H2,1-2H3/t19-/m1/s1. The lowest BCUT2D eigenvalue weighted by Gasteiger charge is -2.14. The maximum Gasteiger partial charge on any atom is 0.212 e. The van der Waals surface area contributed by atoms with Crippen molar-refractivity contribution < 1.29 is 14.6 Å². The molecule has 1 aromatic heterocycles. The molecule has 0 amide bonds. The highest BCUT2D eigenvalue weighted by molar-refractivity contribution is 7.99. The lowest BCUT2D eigenvalue weighted by atomic mass is 10.2. The minimum Gasteiger partial charge on any atom is -0.504 e. The Kier molecular flexibility index (Phi) is 5.29. The van der Waals surface area contributed by atoms with E-state index in [2.05, 4.69) is 22.5 Å². The molecule has 2 aromatic carbocycles. The highest BCUT2D eigenvalue weighted by Gasteiger charge is 2.28. The normalized spacial score (nSPS) is 15.1. The molecule has 7 nitrogen and oxygen atoms in total. The largest absolute Gasteiger partial charge is 0.504 e. The molecule has 1 aliphatic heterocycles. The number of ether oxygens (including phenoxy) is 2. The number of thioether (sulfide) groups is 1. The van der Waals surface area contributed by atoms with Gasteiger partial charge in [-0.25, -0.2) is 4.68 Å². The van der Waals surface area contributed by atoms with Crippen LogP contribution in [0.5, 0.6) is 17.2 Å². The van der Waals surface area contributed by atoms with Gasteiger partial charge in [0.05, 0.1) is 13.7 Å². The van der Waals surface area contributed by atoms with Gasteiger partial charge in [-0.2, -0.15) is 0 Å². The first-order chi connectivity index (χ1) is 13.7. The molecule has 146 valence electrons. The smallest absolute Gasteiger partial charge is 0.212 e. The number of rotatable bonds is 7. The SMILES string of the molecule is CCCCOc1ccc(-c2nnc3n2N[C@@H](c2ccc(O)c(OC)c2)S3)cc1. The van der Waals surface area contributed by atoms with E-state index in [1.54, 1.807) is 17.8 Å². The Labute approximate surface area is 167 Å². The number of methoxy groups -OCH3 is 1. The number of unbranched alkanes of at least 4 members (excludes halogenated alkanes) is 1. The van der Waals surface area contributed by atoms with E-state index in [0.29, 0.717) is 5.75 Å². The van der Waals surface area contributed by atoms with Crippen LogP contribution in [0.4, 0.5) is 0 Å². The molecule has 0 fully saturated rings. The summed E-state index contributed by atoms with van der Waals surface area (Å²) in [5, 5.41) is 19.2. The van der Waals surface area contributed by atoms with Crippen molar-refractivity contribution >= 4 is 11.8 Å². The monoisotopic (exact) mass is 398 g/mol. The van der Waals surface area contributed by atoms with Crippen LogP contribution >= 0.6 is 11.8 Å². The summed E-state index contributed by atoms with van der Waals surface area (Å²) in [7, 11) is 1.54. The Balaban J connectivity index is 1.51. The highest BCUT2D eigenvalue weighted by atomic mass is 32.2. The van der Waals surface area contributed by atoms with Gasteiger partial charge in [-0.15, -0.1) is 10.2 Å². The summed E-state index contributed by atoms with van der Waals surface area (Å²) in [5.41, 5.74) is 5.35. The van der Waals surface area contributed by atoms with Gasteiger partial charge in [-0.1, -0.05) is 31.2 Å². The minimum atomic E-state index is -0.0459. The summed E-state index contributed by atoms with van der Waals surface area (Å²) in [5.74, 6) is 2.17. The van der Waals surface area contributed by atoms with Crippen LogP contribution in [0.25, 0.3) is 11.4 Å². The van der Waals surface area contributed by atoms with Crippen molar-refractivity contribution in [1.82, 2.24) is 14.9 Å². The molecular formula is C20H22N4O3S. The minimum absolute atomic E-state index is 0.0459. The predicted molar refractivity (Wildman–Crippen MR) is 108 cm³/mol. The molecular weight excluding hydrogens is 376 g/mol. The van der Waals surface area contributed by atoms with Crippen molar-refractivity contribution in [3.63, 3.8) is 0 Å². The molecule has 0 bridgehead atoms. The molecule has 1 atom stereocenters. The third kappa shape index (κ3) is 3.60. The zero-order valence-corrected chi connectivity index (χ0v) is 16.6. The average molecular weight is 398 g/mol. The number of aromatic nitrogens is 3. The van der Waals surface area contributed by atoms with Crippen molar-refractivity contribution in [2.24, 2.45) is 0 Å². The molecule has 0 radical (unpaired) electrons. The molecule has 0 saturated carbocycles. The van der Waals surface area contributed by atoms with E-state index < -0.39 is 0 Å². The quantitative estimate of drug-likeness (QED) is 0.578. The van der Waals surface area contributed by atoms with Crippen LogP contribution in [0, 0.1) is 0 Å². The van der Waals surface area contributed by atoms with Gasteiger partial charge in [-0.3, -0.25) is 0 Å². The molecule has 1 aliphatic rings. The van der Waals surface area contributed by atoms with Gasteiger partial charge in [0.2, 0.25) is 5.16 Å². The van der Waals surface area contributed by atoms with Gasteiger partial charge in [0, 0.05) is 5.56 Å². The van der Waals surface area contributed by atoms with Crippen LogP contribution < -0.4 is 14.9 Å². The van der Waals surface area contributed by atoms with Gasteiger partial charge < -0.3 is 20.0 Å². The van der Waals surface area contributed by atoms with Crippen LogP contribution in [0.2, 0.25) is 0 Å². The van der Waals surface area contributed by atoms with Crippen LogP contribution in [0.15, 0.2) is 47.6 Å². The summed E-state index contributed by atoms with van der Waals surface area (Å²) in [6.45, 7) is 2.87. The molecule has 0 saturated heterocycles. The second-order valence-electron chi connectivity index (χ2n) is 6.43. The number of aromatic hydroxyl groups is 1. The van der Waals surface area contributed by atoms with Crippen molar-refractivity contribution in [2.45, 2.75) is 30.3 Å². The molecule has 0 spiro atoms. The Morgan fingerprint density at radius 1 is 1.18 bits per heavy atom. The van der Waals surface area contributed by atoms with Crippen molar-refractivity contribution in [1.29, 1.82) is 0 Å². The van der Waals surface area contributed by atoms with E-state index in [0.717, 1.165) is 47.3 Å². The van der Waals surface area contributed by atoms with E-state index >= 15 is 0 Å². The average Bonchev–Trinajstić information content (AvgIpc) is 3.30. The number of nitrogens with zero attached hydrogens (tertiary/aromatic N) is 3. The molecule has 2 heterocycles. The summed E-state index contributed by atoms with van der Waals surface area (Å²) in [4.78, 5) is 0. The molecule has 8 heteroatoms. The van der Waals surface area contributed by atoms with Crippen LogP contribution in [-0.2, 0) is 0 Å². The third-order valence-corrected chi connectivity index (χ3v) is 5.58. The fourth-order valence-electron chi connectivity index (χ4n) is 2.93. The Morgan fingerprint density at radius 3 is 2.75 bits per heavy atom. The molecule has 2 N–H and O–H groups in total. The van der Waals surface area contributed by atoms with E-state index in [9.17, 15) is 5.11 Å². The van der Waals surface area contributed by atoms with E-state index in [1.807, 2.05) is 41.1 Å². The predicted octanol–water partition coefficient (Wildman–Crippen LogP) is 4.19. The molecule has 0 aliphatic carbocycles. The van der Waals surface area contributed by atoms with Gasteiger partial charge >= 0.3 is 0 Å². The van der Waals surface area contributed by atoms with E-state index in [4.69, 9.17) is 9.47 Å². The number of hydrogen-bond donors (Lipinski definition) is 2. The summed E-state index contributed by atoms with van der Waals surface area (Å²) >= 11 is 1.56. The first-order valence-corrected chi connectivity index (χ1v) is 10.1. The maximum atomic E-state index is 9.80. The fourth-order valence-corrected chi connectivity index (χ4v) is 3.92. The van der Waals surface area contributed by atoms with Crippen molar-refractivity contribution in [2.75, 3.05) is 19.1 Å². The second kappa shape index (κ2) is 8.02. The third-order valence-electron chi connectivity index (χ3n) is 4.49. The molecule has 4 rings (SSSR count). The number of benzene rings is 2. The first-order valence-electron chi connectivity index (χ1n) is 9.18. The van der Waals surface area contributed by atoms with E-state index in [-0.39, 0.29) is 11.1 Å². The number of nitrogens with one attached hydrogen (secondary N) is 1. The number of phenolic OH excluding ortho intramolecular Hbond substituents is 1. The first kappa shape index (κ1) is 18.5. The lowest BCUT2D eigenvalue weighted by molar-refractivity contribution is 0.309.